The van der Waals surface area contributed by atoms with Crippen molar-refractivity contribution in [1.82, 2.24) is 0 Å². The third-order valence-corrected chi connectivity index (χ3v) is 7.64. The van der Waals surface area contributed by atoms with Crippen LogP contribution in [0.15, 0.2) is 48.5 Å². The third-order valence-electron chi connectivity index (χ3n) is 6.49. The maximum Gasteiger partial charge on any atom is 0.116 e. The SMILES string of the molecule is CCCCCSCCCCCCCCCC/C(=C(/CC)c1cccc(O)c1)c1ccc(O)cc1. The molecule has 34 heavy (non-hydrogen) atoms. The molecule has 188 valence electrons. The first-order valence-electron chi connectivity index (χ1n) is 13.5. The molecule has 0 spiro atoms. The van der Waals surface area contributed by atoms with Crippen molar-refractivity contribution in [1.29, 1.82) is 0 Å². The quantitative estimate of drug-likeness (QED) is 0.164. The molecule has 0 saturated carbocycles. The van der Waals surface area contributed by atoms with E-state index in [1.54, 1.807) is 18.2 Å². The molecular formula is C31H46O2S. The Balaban J connectivity index is 1.77. The van der Waals surface area contributed by atoms with Crippen LogP contribution in [0.25, 0.3) is 11.1 Å². The third kappa shape index (κ3) is 11.0. The first-order valence-corrected chi connectivity index (χ1v) is 14.7. The average Bonchev–Trinajstić information content (AvgIpc) is 2.84. The minimum atomic E-state index is 0.300. The molecule has 2 aromatic carbocycles. The Kier molecular flexibility index (Phi) is 14.6. The van der Waals surface area contributed by atoms with E-state index in [9.17, 15) is 10.2 Å². The van der Waals surface area contributed by atoms with Gasteiger partial charge in [-0.05, 0) is 90.1 Å². The van der Waals surface area contributed by atoms with Gasteiger partial charge >= 0.3 is 0 Å². The molecule has 0 heterocycles. The fourth-order valence-corrected chi connectivity index (χ4v) is 5.56. The van der Waals surface area contributed by atoms with Gasteiger partial charge in [0, 0.05) is 0 Å². The van der Waals surface area contributed by atoms with E-state index in [4.69, 9.17) is 0 Å². The molecule has 2 nitrogen and oxygen atoms in total. The smallest absolute Gasteiger partial charge is 0.116 e. The maximum atomic E-state index is 10.00. The second-order valence-corrected chi connectivity index (χ2v) is 10.5. The molecule has 0 aromatic heterocycles. The number of benzene rings is 2. The van der Waals surface area contributed by atoms with Crippen LogP contribution < -0.4 is 0 Å². The predicted octanol–water partition coefficient (Wildman–Crippen LogP) is 9.85. The number of allylic oxidation sites excluding steroid dienone is 2. The lowest BCUT2D eigenvalue weighted by Gasteiger charge is -2.16. The van der Waals surface area contributed by atoms with Gasteiger partial charge in [0.15, 0.2) is 0 Å². The molecule has 0 bridgehead atoms. The first kappa shape index (κ1) is 28.4. The second-order valence-electron chi connectivity index (χ2n) is 9.31. The van der Waals surface area contributed by atoms with Gasteiger partial charge < -0.3 is 10.2 Å². The van der Waals surface area contributed by atoms with Gasteiger partial charge in [0.1, 0.15) is 11.5 Å². The molecule has 0 amide bonds. The molecule has 3 heteroatoms. The summed E-state index contributed by atoms with van der Waals surface area (Å²) >= 11 is 2.14. The standard InChI is InChI=1S/C31H46O2S/c1-3-5-13-23-34-24-14-11-9-7-6-8-10-12-18-31(26-19-21-28(32)22-20-26)30(4-2)27-16-15-17-29(33)25-27/h15-17,19-22,25,32-33H,3-14,18,23-24H2,1-2H3/b31-30+. The van der Waals surface area contributed by atoms with Crippen LogP contribution in [0.4, 0.5) is 0 Å². The summed E-state index contributed by atoms with van der Waals surface area (Å²) in [6.45, 7) is 4.46. The lowest BCUT2D eigenvalue weighted by molar-refractivity contribution is 0.474. The lowest BCUT2D eigenvalue weighted by Crippen LogP contribution is -1.94. The highest BCUT2D eigenvalue weighted by Gasteiger charge is 2.11. The second kappa shape index (κ2) is 17.5. The van der Waals surface area contributed by atoms with Crippen molar-refractivity contribution in [3.05, 3.63) is 59.7 Å². The molecule has 2 aromatic rings. The molecule has 0 atom stereocenters. The van der Waals surface area contributed by atoms with Crippen LogP contribution in [0, 0.1) is 0 Å². The summed E-state index contributed by atoms with van der Waals surface area (Å²) < 4.78 is 0. The summed E-state index contributed by atoms with van der Waals surface area (Å²) in [5.41, 5.74) is 4.89. The Hall–Kier alpha value is -1.87. The van der Waals surface area contributed by atoms with Crippen LogP contribution in [0.3, 0.4) is 0 Å². The minimum Gasteiger partial charge on any atom is -0.508 e. The van der Waals surface area contributed by atoms with Gasteiger partial charge in [-0.15, -0.1) is 0 Å². The van der Waals surface area contributed by atoms with Crippen molar-refractivity contribution in [2.24, 2.45) is 0 Å². The molecule has 0 saturated heterocycles. The summed E-state index contributed by atoms with van der Waals surface area (Å²) in [6, 6.07) is 15.2. The number of unbranched alkanes of at least 4 members (excludes halogenated alkanes) is 9. The summed E-state index contributed by atoms with van der Waals surface area (Å²) in [4.78, 5) is 0. The van der Waals surface area contributed by atoms with Crippen molar-refractivity contribution >= 4 is 22.9 Å². The van der Waals surface area contributed by atoms with Crippen molar-refractivity contribution in [2.45, 2.75) is 97.3 Å². The van der Waals surface area contributed by atoms with E-state index in [1.807, 2.05) is 24.3 Å². The Bertz CT molecular complexity index is 826. The molecular weight excluding hydrogens is 436 g/mol. The van der Waals surface area contributed by atoms with Crippen LogP contribution in [0.1, 0.15) is 108 Å². The van der Waals surface area contributed by atoms with E-state index in [2.05, 4.69) is 31.7 Å². The largest absolute Gasteiger partial charge is 0.508 e. The van der Waals surface area contributed by atoms with Gasteiger partial charge in [-0.2, -0.15) is 11.8 Å². The van der Waals surface area contributed by atoms with Crippen molar-refractivity contribution in [3.63, 3.8) is 0 Å². The van der Waals surface area contributed by atoms with E-state index >= 15 is 0 Å². The first-order chi connectivity index (χ1) is 16.7. The zero-order chi connectivity index (χ0) is 24.4. The molecule has 0 unspecified atom stereocenters. The normalized spacial score (nSPS) is 12.1. The molecule has 0 fully saturated rings. The van der Waals surface area contributed by atoms with Crippen molar-refractivity contribution in [2.75, 3.05) is 11.5 Å². The van der Waals surface area contributed by atoms with Gasteiger partial charge in [0.05, 0.1) is 0 Å². The van der Waals surface area contributed by atoms with Crippen molar-refractivity contribution in [3.8, 4) is 11.5 Å². The number of rotatable bonds is 18. The number of aromatic hydroxyl groups is 2. The summed E-state index contributed by atoms with van der Waals surface area (Å²) in [6.07, 6.45) is 16.6. The molecule has 0 aliphatic heterocycles. The van der Waals surface area contributed by atoms with E-state index in [-0.39, 0.29) is 0 Å². The van der Waals surface area contributed by atoms with Gasteiger partial charge in [-0.3, -0.25) is 0 Å². The molecule has 0 aliphatic carbocycles. The van der Waals surface area contributed by atoms with Crippen LogP contribution in [-0.2, 0) is 0 Å². The molecule has 0 radical (unpaired) electrons. The zero-order valence-corrected chi connectivity index (χ0v) is 22.3. The molecule has 2 N–H and O–H groups in total. The predicted molar refractivity (Wildman–Crippen MR) is 152 cm³/mol. The summed E-state index contributed by atoms with van der Waals surface area (Å²) in [5, 5.41) is 19.7. The zero-order valence-electron chi connectivity index (χ0n) is 21.5. The Morgan fingerprint density at radius 2 is 1.24 bits per heavy atom. The fourth-order valence-electron chi connectivity index (χ4n) is 4.54. The summed E-state index contributed by atoms with van der Waals surface area (Å²) in [7, 11) is 0. The number of phenols is 2. The highest BCUT2D eigenvalue weighted by Crippen LogP contribution is 2.34. The van der Waals surface area contributed by atoms with Gasteiger partial charge in [-0.25, -0.2) is 0 Å². The van der Waals surface area contributed by atoms with Crippen LogP contribution in [0.5, 0.6) is 11.5 Å². The van der Waals surface area contributed by atoms with E-state index in [0.29, 0.717) is 11.5 Å². The fraction of sp³-hybridized carbons (Fsp3) is 0.548. The minimum absolute atomic E-state index is 0.300. The Labute approximate surface area is 212 Å². The lowest BCUT2D eigenvalue weighted by atomic mass is 9.89. The van der Waals surface area contributed by atoms with Gasteiger partial charge in [-0.1, -0.05) is 89.5 Å². The number of hydrogen-bond donors (Lipinski definition) is 2. The molecule has 2 rings (SSSR count). The Morgan fingerprint density at radius 1 is 0.618 bits per heavy atom. The monoisotopic (exact) mass is 482 g/mol. The van der Waals surface area contributed by atoms with Crippen molar-refractivity contribution < 1.29 is 10.2 Å². The average molecular weight is 483 g/mol. The number of hydrogen-bond acceptors (Lipinski definition) is 3. The topological polar surface area (TPSA) is 40.5 Å². The van der Waals surface area contributed by atoms with E-state index in [1.165, 1.54) is 98.8 Å². The highest BCUT2D eigenvalue weighted by molar-refractivity contribution is 7.99. The van der Waals surface area contributed by atoms with Crippen LogP contribution in [-0.4, -0.2) is 21.7 Å². The highest BCUT2D eigenvalue weighted by atomic mass is 32.2. The van der Waals surface area contributed by atoms with Crippen LogP contribution in [0.2, 0.25) is 0 Å². The van der Waals surface area contributed by atoms with E-state index in [0.717, 1.165) is 18.4 Å². The van der Waals surface area contributed by atoms with Gasteiger partial charge in [0.2, 0.25) is 0 Å². The van der Waals surface area contributed by atoms with E-state index < -0.39 is 0 Å². The van der Waals surface area contributed by atoms with Crippen LogP contribution >= 0.6 is 11.8 Å². The number of thioether (sulfide) groups is 1. The Morgan fingerprint density at radius 3 is 1.85 bits per heavy atom. The maximum absolute atomic E-state index is 10.00. The number of phenolic OH excluding ortho intramolecular Hbond substituents is 2. The van der Waals surface area contributed by atoms with Gasteiger partial charge in [0.25, 0.3) is 0 Å². The molecule has 0 aliphatic rings. The summed E-state index contributed by atoms with van der Waals surface area (Å²) in [5.74, 6) is 3.30.